The van der Waals surface area contributed by atoms with Crippen LogP contribution >= 0.6 is 11.3 Å². The Morgan fingerprint density at radius 3 is 2.62 bits per heavy atom. The number of carbonyl (C=O) groups is 1. The third-order valence-electron chi connectivity index (χ3n) is 4.62. The number of furan rings is 1. The van der Waals surface area contributed by atoms with E-state index >= 15 is 0 Å². The highest BCUT2D eigenvalue weighted by Crippen LogP contribution is 2.25. The Bertz CT molecular complexity index is 1310. The predicted octanol–water partition coefficient (Wildman–Crippen LogP) is 4.37. The molecule has 7 nitrogen and oxygen atoms in total. The summed E-state index contributed by atoms with van der Waals surface area (Å²) in [6, 6.07) is 17.4. The average Bonchev–Trinajstić information content (AvgIpc) is 3.45. The number of thiazole rings is 1. The Morgan fingerprint density at radius 2 is 1.91 bits per heavy atom. The van der Waals surface area contributed by atoms with E-state index in [9.17, 15) is 13.2 Å². The van der Waals surface area contributed by atoms with Gasteiger partial charge < -0.3 is 9.73 Å². The molecule has 9 heteroatoms. The van der Waals surface area contributed by atoms with Crippen molar-refractivity contribution in [1.82, 2.24) is 9.71 Å². The lowest BCUT2D eigenvalue weighted by Crippen LogP contribution is -2.23. The van der Waals surface area contributed by atoms with Crippen molar-refractivity contribution in [2.75, 3.05) is 5.32 Å². The Hall–Kier alpha value is -3.27. The van der Waals surface area contributed by atoms with Crippen molar-refractivity contribution in [2.45, 2.75) is 24.8 Å². The molecular formula is C23H21N3O4S2. The molecule has 0 saturated heterocycles. The second-order valence-corrected chi connectivity index (χ2v) is 9.79. The van der Waals surface area contributed by atoms with Crippen LogP contribution in [-0.2, 0) is 27.8 Å². The number of rotatable bonds is 8. The third kappa shape index (κ3) is 5.50. The second-order valence-electron chi connectivity index (χ2n) is 7.17. The van der Waals surface area contributed by atoms with Gasteiger partial charge in [0.05, 0.1) is 29.8 Å². The minimum Gasteiger partial charge on any atom is -0.468 e. The van der Waals surface area contributed by atoms with E-state index in [2.05, 4.69) is 21.1 Å². The van der Waals surface area contributed by atoms with Crippen molar-refractivity contribution < 1.29 is 17.6 Å². The maximum Gasteiger partial charge on any atom is 0.240 e. The minimum absolute atomic E-state index is 0.0615. The maximum atomic E-state index is 12.4. The van der Waals surface area contributed by atoms with Gasteiger partial charge in [0.15, 0.2) is 0 Å². The molecule has 2 aromatic heterocycles. The van der Waals surface area contributed by atoms with Gasteiger partial charge in [-0.05, 0) is 49.4 Å². The van der Waals surface area contributed by atoms with Gasteiger partial charge >= 0.3 is 0 Å². The highest BCUT2D eigenvalue weighted by Gasteiger charge is 2.15. The topological polar surface area (TPSA) is 101 Å². The maximum absolute atomic E-state index is 12.4. The molecule has 2 N–H and O–H groups in total. The first-order valence-electron chi connectivity index (χ1n) is 9.82. The molecule has 4 rings (SSSR count). The van der Waals surface area contributed by atoms with Crippen molar-refractivity contribution in [3.8, 4) is 10.6 Å². The molecule has 2 heterocycles. The Labute approximate surface area is 190 Å². The lowest BCUT2D eigenvalue weighted by molar-refractivity contribution is -0.115. The number of hydrogen-bond donors (Lipinski definition) is 2. The van der Waals surface area contributed by atoms with Crippen LogP contribution in [0.15, 0.2) is 81.6 Å². The molecule has 0 unspecified atom stereocenters. The zero-order valence-corrected chi connectivity index (χ0v) is 18.9. The average molecular weight is 468 g/mol. The highest BCUT2D eigenvalue weighted by molar-refractivity contribution is 7.89. The van der Waals surface area contributed by atoms with Gasteiger partial charge in [-0.15, -0.1) is 11.3 Å². The summed E-state index contributed by atoms with van der Waals surface area (Å²) in [5.74, 6) is 0.294. The molecule has 0 fully saturated rings. The highest BCUT2D eigenvalue weighted by atomic mass is 32.2. The predicted molar refractivity (Wildman–Crippen MR) is 124 cm³/mol. The molecule has 0 aliphatic rings. The fourth-order valence-corrected chi connectivity index (χ4v) is 4.86. The summed E-state index contributed by atoms with van der Waals surface area (Å²) in [6.45, 7) is 2.09. The molecule has 4 aromatic rings. The van der Waals surface area contributed by atoms with Crippen molar-refractivity contribution >= 4 is 33.0 Å². The summed E-state index contributed by atoms with van der Waals surface area (Å²) >= 11 is 1.50. The number of aryl methyl sites for hydroxylation is 1. The zero-order chi connectivity index (χ0) is 22.6. The molecule has 1 amide bonds. The lowest BCUT2D eigenvalue weighted by Gasteiger charge is -2.08. The SMILES string of the molecule is Cc1cccc(-c2nc(CC(=O)Nc3ccc(S(=O)(=O)NCc4ccco4)cc3)cs2)c1. The fraction of sp³-hybridized carbons (Fsp3) is 0.130. The first-order chi connectivity index (χ1) is 15.4. The van der Waals surface area contributed by atoms with E-state index in [1.807, 2.05) is 30.5 Å². The van der Waals surface area contributed by atoms with E-state index in [-0.39, 0.29) is 23.8 Å². The summed E-state index contributed by atoms with van der Waals surface area (Å²) in [6.07, 6.45) is 1.61. The molecule has 0 spiro atoms. The summed E-state index contributed by atoms with van der Waals surface area (Å²) in [7, 11) is -3.69. The first kappa shape index (κ1) is 21.9. The van der Waals surface area contributed by atoms with Crippen LogP contribution in [0.25, 0.3) is 10.6 Å². The lowest BCUT2D eigenvalue weighted by atomic mass is 10.1. The van der Waals surface area contributed by atoms with Gasteiger partial charge in [-0.2, -0.15) is 0 Å². The molecule has 0 aliphatic carbocycles. The number of carbonyl (C=O) groups excluding carboxylic acids is 1. The molecule has 0 bridgehead atoms. The summed E-state index contributed by atoms with van der Waals surface area (Å²) in [5.41, 5.74) is 3.37. The number of amides is 1. The zero-order valence-electron chi connectivity index (χ0n) is 17.2. The molecule has 0 saturated carbocycles. The van der Waals surface area contributed by atoms with Gasteiger partial charge in [-0.3, -0.25) is 4.79 Å². The molecular weight excluding hydrogens is 446 g/mol. The number of nitrogens with one attached hydrogen (secondary N) is 2. The van der Waals surface area contributed by atoms with Crippen LogP contribution in [0.2, 0.25) is 0 Å². The van der Waals surface area contributed by atoms with Gasteiger partial charge in [0.2, 0.25) is 15.9 Å². The largest absolute Gasteiger partial charge is 0.468 e. The van der Waals surface area contributed by atoms with E-state index in [0.717, 1.165) is 16.1 Å². The molecule has 164 valence electrons. The normalized spacial score (nSPS) is 11.4. The second kappa shape index (κ2) is 9.47. The van der Waals surface area contributed by atoms with Gasteiger partial charge in [-0.1, -0.05) is 23.8 Å². The number of nitrogens with zero attached hydrogens (tertiary/aromatic N) is 1. The number of benzene rings is 2. The van der Waals surface area contributed by atoms with Crippen LogP contribution in [0.3, 0.4) is 0 Å². The van der Waals surface area contributed by atoms with Gasteiger partial charge in [0.1, 0.15) is 10.8 Å². The van der Waals surface area contributed by atoms with Crippen LogP contribution in [0, 0.1) is 6.92 Å². The van der Waals surface area contributed by atoms with Crippen LogP contribution < -0.4 is 10.0 Å². The first-order valence-corrected chi connectivity index (χ1v) is 12.2. The number of sulfonamides is 1. The fourth-order valence-electron chi connectivity index (χ4n) is 3.05. The molecule has 0 radical (unpaired) electrons. The Morgan fingerprint density at radius 1 is 1.09 bits per heavy atom. The van der Waals surface area contributed by atoms with E-state index in [4.69, 9.17) is 4.42 Å². The summed E-state index contributed by atoms with van der Waals surface area (Å²) in [4.78, 5) is 17.1. The Balaban J connectivity index is 1.35. The monoisotopic (exact) mass is 467 g/mol. The summed E-state index contributed by atoms with van der Waals surface area (Å²) in [5, 5.41) is 5.52. The number of aromatic nitrogens is 1. The molecule has 32 heavy (non-hydrogen) atoms. The van der Waals surface area contributed by atoms with Crippen molar-refractivity contribution in [3.05, 3.63) is 89.3 Å². The van der Waals surface area contributed by atoms with E-state index in [0.29, 0.717) is 17.1 Å². The molecule has 2 aromatic carbocycles. The number of hydrogen-bond acceptors (Lipinski definition) is 6. The number of anilines is 1. The van der Waals surface area contributed by atoms with Crippen LogP contribution in [0.1, 0.15) is 17.0 Å². The van der Waals surface area contributed by atoms with E-state index < -0.39 is 10.0 Å². The third-order valence-corrected chi connectivity index (χ3v) is 6.98. The summed E-state index contributed by atoms with van der Waals surface area (Å²) < 4.78 is 32.4. The van der Waals surface area contributed by atoms with Gasteiger partial charge in [-0.25, -0.2) is 18.1 Å². The van der Waals surface area contributed by atoms with Crippen molar-refractivity contribution in [3.63, 3.8) is 0 Å². The molecule has 0 aliphatic heterocycles. The van der Waals surface area contributed by atoms with Crippen molar-refractivity contribution in [1.29, 1.82) is 0 Å². The Kier molecular flexibility index (Phi) is 6.50. The van der Waals surface area contributed by atoms with Gasteiger partial charge in [0.25, 0.3) is 0 Å². The quantitative estimate of drug-likeness (QED) is 0.401. The van der Waals surface area contributed by atoms with Gasteiger partial charge in [0, 0.05) is 16.6 Å². The minimum atomic E-state index is -3.69. The van der Waals surface area contributed by atoms with E-state index in [1.165, 1.54) is 29.7 Å². The van der Waals surface area contributed by atoms with Crippen molar-refractivity contribution in [2.24, 2.45) is 0 Å². The van der Waals surface area contributed by atoms with Crippen LogP contribution in [-0.4, -0.2) is 19.3 Å². The van der Waals surface area contributed by atoms with Crippen LogP contribution in [0.5, 0.6) is 0 Å². The molecule has 0 atom stereocenters. The smallest absolute Gasteiger partial charge is 0.240 e. The standard InChI is InChI=1S/C23H21N3O4S2/c1-16-4-2-5-17(12-16)23-26-19(15-31-23)13-22(27)25-18-7-9-21(10-8-18)32(28,29)24-14-20-6-3-11-30-20/h2-12,15,24H,13-14H2,1H3,(H,25,27). The van der Waals surface area contributed by atoms with Crippen LogP contribution in [0.4, 0.5) is 5.69 Å². The van der Waals surface area contributed by atoms with E-state index in [1.54, 1.807) is 24.3 Å².